The van der Waals surface area contributed by atoms with Crippen LogP contribution in [0, 0.1) is 6.92 Å². The Morgan fingerprint density at radius 1 is 0.241 bits per heavy atom. The minimum atomic E-state index is 0.771. The lowest BCUT2D eigenvalue weighted by atomic mass is 9.96. The van der Waals surface area contributed by atoms with Crippen molar-refractivity contribution in [3.63, 3.8) is 0 Å². The molecule has 0 fully saturated rings. The second-order valence-electron chi connectivity index (χ2n) is 19.1. The van der Waals surface area contributed by atoms with E-state index in [1.54, 1.807) is 0 Å². The van der Waals surface area contributed by atoms with Gasteiger partial charge in [0.25, 0.3) is 0 Å². The highest BCUT2D eigenvalue weighted by atomic mass is 14.9. The van der Waals surface area contributed by atoms with E-state index in [1.807, 2.05) is 0 Å². The van der Waals surface area contributed by atoms with Crippen LogP contribution in [0.3, 0.4) is 0 Å². The first-order valence-electron chi connectivity index (χ1n) is 27.4. The van der Waals surface area contributed by atoms with Gasteiger partial charge >= 0.3 is 0 Å². The first-order chi connectivity index (χ1) is 28.7. The van der Waals surface area contributed by atoms with E-state index in [2.05, 4.69) is 27.7 Å². The molecule has 1 aromatic rings. The highest BCUT2D eigenvalue weighted by molar-refractivity contribution is 5.27. The fourth-order valence-corrected chi connectivity index (χ4v) is 9.34. The van der Waals surface area contributed by atoms with E-state index in [0.29, 0.717) is 0 Å². The fourth-order valence-electron chi connectivity index (χ4n) is 9.34. The van der Waals surface area contributed by atoms with Crippen molar-refractivity contribution < 1.29 is 0 Å². The fraction of sp³-hybridized carbons (Fsp3) is 0.911. The van der Waals surface area contributed by atoms with Crippen molar-refractivity contribution in [2.45, 2.75) is 329 Å². The maximum absolute atomic E-state index is 5.02. The summed E-state index contributed by atoms with van der Waals surface area (Å²) in [5.74, 6) is 0.771. The molecular weight excluding hydrogens is 701 g/mol. The largest absolute Gasteiger partial charge is 0.238 e. The molecule has 0 atom stereocenters. The Hall–Kier alpha value is -0.920. The predicted molar refractivity (Wildman–Crippen MR) is 262 cm³/mol. The number of unbranched alkanes of at least 4 members (excludes halogenated alkanes) is 42. The quantitative estimate of drug-likeness (QED) is 0.0613. The van der Waals surface area contributed by atoms with Gasteiger partial charge in [-0.05, 0) is 44.1 Å². The summed E-state index contributed by atoms with van der Waals surface area (Å²) < 4.78 is 0. The number of hydrogen-bond acceptors (Lipinski definition) is 2. The molecule has 0 aliphatic heterocycles. The maximum Gasteiger partial charge on any atom is 0.129 e. The van der Waals surface area contributed by atoms with Crippen molar-refractivity contribution >= 4 is 0 Å². The summed E-state index contributed by atoms with van der Waals surface area (Å²) in [6.07, 6.45) is 67.4. The van der Waals surface area contributed by atoms with Crippen molar-refractivity contribution in [2.24, 2.45) is 0 Å². The molecule has 0 spiro atoms. The van der Waals surface area contributed by atoms with Crippen LogP contribution in [-0.4, -0.2) is 9.97 Å². The van der Waals surface area contributed by atoms with Gasteiger partial charge in [0.05, 0.1) is 0 Å². The van der Waals surface area contributed by atoms with Gasteiger partial charge in [-0.15, -0.1) is 0 Å². The van der Waals surface area contributed by atoms with Crippen LogP contribution in [0.2, 0.25) is 0 Å². The summed E-state index contributed by atoms with van der Waals surface area (Å²) in [5.41, 5.74) is 4.24. The smallest absolute Gasteiger partial charge is 0.129 e. The van der Waals surface area contributed by atoms with Gasteiger partial charge in [-0.2, -0.15) is 0 Å². The molecule has 1 rings (SSSR count). The van der Waals surface area contributed by atoms with Crippen LogP contribution >= 0.6 is 0 Å². The third-order valence-corrected chi connectivity index (χ3v) is 13.3. The van der Waals surface area contributed by atoms with E-state index in [0.717, 1.165) is 18.7 Å². The van der Waals surface area contributed by atoms with Crippen molar-refractivity contribution in [2.75, 3.05) is 0 Å². The number of rotatable bonds is 48. The summed E-state index contributed by atoms with van der Waals surface area (Å²) in [4.78, 5) is 10.0. The lowest BCUT2D eigenvalue weighted by molar-refractivity contribution is 0.529. The summed E-state index contributed by atoms with van der Waals surface area (Å²) in [7, 11) is 0. The van der Waals surface area contributed by atoms with E-state index < -0.39 is 0 Å². The average molecular weight is 808 g/mol. The monoisotopic (exact) mass is 808 g/mol. The zero-order chi connectivity index (χ0) is 41.7. The first-order valence-corrected chi connectivity index (χ1v) is 27.4. The maximum atomic E-state index is 5.02. The lowest BCUT2D eigenvalue weighted by Gasteiger charge is -2.15. The third kappa shape index (κ3) is 36.9. The van der Waals surface area contributed by atoms with Gasteiger partial charge < -0.3 is 0 Å². The van der Waals surface area contributed by atoms with Crippen LogP contribution in [0.25, 0.3) is 0 Å². The van der Waals surface area contributed by atoms with Gasteiger partial charge in [0.2, 0.25) is 0 Å². The van der Waals surface area contributed by atoms with Gasteiger partial charge in [-0.25, -0.2) is 9.97 Å². The Labute approximate surface area is 367 Å². The van der Waals surface area contributed by atoms with Crippen LogP contribution in [-0.2, 0) is 19.3 Å². The van der Waals surface area contributed by atoms with Gasteiger partial charge in [0.1, 0.15) is 5.82 Å². The molecular formula is C56H107N2. The Bertz CT molecular complexity index is 884. The van der Waals surface area contributed by atoms with E-state index in [9.17, 15) is 0 Å². The molecule has 0 aliphatic rings. The van der Waals surface area contributed by atoms with Gasteiger partial charge in [0, 0.05) is 18.3 Å². The summed E-state index contributed by atoms with van der Waals surface area (Å²) in [6, 6.07) is 0. The van der Waals surface area contributed by atoms with E-state index in [-0.39, 0.29) is 0 Å². The standard InChI is InChI=1S/C56H107N2/c1-5-8-11-14-17-20-23-26-29-32-35-38-41-44-47-50-54-55(51-48-45-42-39-36-33-30-27-24-21-18-15-12-9-6-2)57-53(4)58-56(54)52-49-46-43-40-37-34-31-28-25-22-19-16-13-10-7-3/h4-52H2,1-3H3. The molecule has 2 nitrogen and oxygen atoms in total. The molecule has 0 amide bonds. The molecule has 1 radical (unpaired) electrons. The summed E-state index contributed by atoms with van der Waals surface area (Å²) in [6.45, 7) is 11.2. The number of nitrogens with zero attached hydrogens (tertiary/aromatic N) is 2. The average Bonchev–Trinajstić information content (AvgIpc) is 3.22. The molecule has 0 bridgehead atoms. The highest BCUT2D eigenvalue weighted by Crippen LogP contribution is 2.23. The van der Waals surface area contributed by atoms with Gasteiger partial charge in [-0.1, -0.05) is 290 Å². The highest BCUT2D eigenvalue weighted by Gasteiger charge is 2.13. The Balaban J connectivity index is 2.38. The molecule has 1 heterocycles. The van der Waals surface area contributed by atoms with Crippen LogP contribution in [0.5, 0.6) is 0 Å². The zero-order valence-corrected chi connectivity index (χ0v) is 40.5. The predicted octanol–water partition coefficient (Wildman–Crippen LogP) is 19.9. The summed E-state index contributed by atoms with van der Waals surface area (Å²) >= 11 is 0. The molecule has 2 heteroatoms. The molecule has 341 valence electrons. The molecule has 1 aromatic heterocycles. The Morgan fingerprint density at radius 2 is 0.414 bits per heavy atom. The molecule has 0 aliphatic carbocycles. The Morgan fingerprint density at radius 3 is 0.621 bits per heavy atom. The van der Waals surface area contributed by atoms with Crippen molar-refractivity contribution in [3.8, 4) is 0 Å². The van der Waals surface area contributed by atoms with E-state index >= 15 is 0 Å². The molecule has 0 saturated carbocycles. The lowest BCUT2D eigenvalue weighted by Crippen LogP contribution is -2.09. The van der Waals surface area contributed by atoms with Gasteiger partial charge in [-0.3, -0.25) is 0 Å². The second-order valence-corrected chi connectivity index (χ2v) is 19.1. The molecule has 0 N–H and O–H groups in total. The zero-order valence-electron chi connectivity index (χ0n) is 40.5. The van der Waals surface area contributed by atoms with Crippen LogP contribution in [0.15, 0.2) is 0 Å². The topological polar surface area (TPSA) is 25.8 Å². The van der Waals surface area contributed by atoms with Crippen LogP contribution in [0.1, 0.15) is 332 Å². The summed E-state index contributed by atoms with van der Waals surface area (Å²) in [5, 5.41) is 0. The number of hydrogen-bond donors (Lipinski definition) is 0. The second kappa shape index (κ2) is 45.6. The van der Waals surface area contributed by atoms with Crippen molar-refractivity contribution in [3.05, 3.63) is 29.7 Å². The van der Waals surface area contributed by atoms with Crippen molar-refractivity contribution in [1.82, 2.24) is 9.97 Å². The van der Waals surface area contributed by atoms with Gasteiger partial charge in [0.15, 0.2) is 0 Å². The van der Waals surface area contributed by atoms with Crippen LogP contribution in [0.4, 0.5) is 0 Å². The molecule has 58 heavy (non-hydrogen) atoms. The van der Waals surface area contributed by atoms with E-state index in [4.69, 9.17) is 9.97 Å². The molecule has 0 saturated heterocycles. The Kier molecular flexibility index (Phi) is 43.3. The molecule has 0 aromatic carbocycles. The molecule has 0 unspecified atom stereocenters. The van der Waals surface area contributed by atoms with Crippen molar-refractivity contribution in [1.29, 1.82) is 0 Å². The number of aryl methyl sites for hydroxylation is 2. The SMILES string of the molecule is [CH2]c1nc(CCCCCCCCCCCCCCCCC)c(CCCCCCCCCCCCCCCCC)c(CCCCCCCCCCCCCCCCC)n1. The van der Waals surface area contributed by atoms with E-state index in [1.165, 1.54) is 312 Å². The first kappa shape index (κ1) is 55.1. The van der Waals surface area contributed by atoms with Crippen LogP contribution < -0.4 is 0 Å². The third-order valence-electron chi connectivity index (χ3n) is 13.3. The normalized spacial score (nSPS) is 11.7. The number of aromatic nitrogens is 2. The minimum Gasteiger partial charge on any atom is -0.238 e. The minimum absolute atomic E-state index is 0.771.